The van der Waals surface area contributed by atoms with Crippen LogP contribution in [0.2, 0.25) is 5.02 Å². The minimum Gasteiger partial charge on any atom is -0.207 e. The van der Waals surface area contributed by atoms with Crippen LogP contribution in [0.5, 0.6) is 0 Å². The summed E-state index contributed by atoms with van der Waals surface area (Å²) in [5.74, 6) is -0.353. The Bertz CT molecular complexity index is 966. The van der Waals surface area contributed by atoms with Gasteiger partial charge in [0.15, 0.2) is 0 Å². The van der Waals surface area contributed by atoms with Crippen LogP contribution in [0.4, 0.5) is 4.39 Å². The van der Waals surface area contributed by atoms with E-state index in [9.17, 15) is 12.8 Å². The van der Waals surface area contributed by atoms with Crippen LogP contribution in [0.1, 0.15) is 11.1 Å². The van der Waals surface area contributed by atoms with Crippen LogP contribution in [0, 0.1) is 12.7 Å². The molecule has 3 aromatic rings. The van der Waals surface area contributed by atoms with Crippen LogP contribution < -0.4 is 4.72 Å². The van der Waals surface area contributed by atoms with Gasteiger partial charge in [-0.3, -0.25) is 0 Å². The Balaban J connectivity index is 1.90. The number of fused-ring (bicyclic) bond motifs is 1. The van der Waals surface area contributed by atoms with Crippen molar-refractivity contribution in [3.05, 3.63) is 64.4 Å². The van der Waals surface area contributed by atoms with Crippen molar-refractivity contribution in [1.29, 1.82) is 0 Å². The number of hydrogen-bond acceptors (Lipinski definition) is 3. The summed E-state index contributed by atoms with van der Waals surface area (Å²) in [5.41, 5.74) is 1.37. The average molecular weight is 370 g/mol. The highest BCUT2D eigenvalue weighted by Crippen LogP contribution is 2.35. The summed E-state index contributed by atoms with van der Waals surface area (Å²) in [6.45, 7) is 1.87. The first-order valence-corrected chi connectivity index (χ1v) is 9.47. The number of benzene rings is 2. The largest absolute Gasteiger partial charge is 0.250 e. The fraction of sp³-hybridized carbons (Fsp3) is 0.125. The monoisotopic (exact) mass is 369 g/mol. The predicted octanol–water partition coefficient (Wildman–Crippen LogP) is 4.48. The Morgan fingerprint density at radius 2 is 1.87 bits per heavy atom. The van der Waals surface area contributed by atoms with Crippen molar-refractivity contribution < 1.29 is 12.8 Å². The normalized spacial score (nSPS) is 12.0. The Morgan fingerprint density at radius 3 is 2.57 bits per heavy atom. The van der Waals surface area contributed by atoms with Gasteiger partial charge in [-0.05, 0) is 53.8 Å². The maximum Gasteiger partial charge on any atom is 0.250 e. The molecule has 120 valence electrons. The maximum absolute atomic E-state index is 12.9. The van der Waals surface area contributed by atoms with Gasteiger partial charge < -0.3 is 0 Å². The number of halogens is 2. The fourth-order valence-corrected chi connectivity index (χ4v) is 5.25. The van der Waals surface area contributed by atoms with Crippen LogP contribution in [0.3, 0.4) is 0 Å². The topological polar surface area (TPSA) is 46.2 Å². The van der Waals surface area contributed by atoms with E-state index >= 15 is 0 Å². The number of hydrogen-bond donors (Lipinski definition) is 1. The van der Waals surface area contributed by atoms with Crippen LogP contribution in [0.15, 0.2) is 46.7 Å². The predicted molar refractivity (Wildman–Crippen MR) is 92.0 cm³/mol. The van der Waals surface area contributed by atoms with Crippen molar-refractivity contribution in [2.45, 2.75) is 17.7 Å². The van der Waals surface area contributed by atoms with E-state index in [0.717, 1.165) is 10.1 Å². The number of aryl methyl sites for hydroxylation is 1. The first-order chi connectivity index (χ1) is 10.9. The van der Waals surface area contributed by atoms with E-state index in [0.29, 0.717) is 16.1 Å². The summed E-state index contributed by atoms with van der Waals surface area (Å²) in [7, 11) is -3.64. The van der Waals surface area contributed by atoms with Crippen molar-refractivity contribution in [1.82, 2.24) is 4.72 Å². The van der Waals surface area contributed by atoms with Gasteiger partial charge in [0.1, 0.15) is 10.0 Å². The van der Waals surface area contributed by atoms with Crippen molar-refractivity contribution in [2.24, 2.45) is 0 Å². The van der Waals surface area contributed by atoms with Crippen LogP contribution in [-0.4, -0.2) is 8.42 Å². The van der Waals surface area contributed by atoms with E-state index in [1.165, 1.54) is 23.5 Å². The molecule has 0 atom stereocenters. The van der Waals surface area contributed by atoms with E-state index in [4.69, 9.17) is 11.6 Å². The summed E-state index contributed by atoms with van der Waals surface area (Å²) in [4.78, 5) is 0. The molecular formula is C16H13ClFNO2S2. The first-order valence-electron chi connectivity index (χ1n) is 6.79. The number of thiophene rings is 1. The molecule has 0 spiro atoms. The zero-order valence-corrected chi connectivity index (χ0v) is 14.5. The smallest absolute Gasteiger partial charge is 0.207 e. The average Bonchev–Trinajstić information content (AvgIpc) is 2.84. The Kier molecular flexibility index (Phi) is 4.42. The zero-order chi connectivity index (χ0) is 16.6. The fourth-order valence-electron chi connectivity index (χ4n) is 2.27. The molecule has 3 nitrogen and oxygen atoms in total. The molecule has 3 rings (SSSR count). The van der Waals surface area contributed by atoms with Gasteiger partial charge in [-0.15, -0.1) is 11.3 Å². The van der Waals surface area contributed by atoms with E-state index in [-0.39, 0.29) is 16.6 Å². The third-order valence-corrected chi connectivity index (χ3v) is 7.01. The highest BCUT2D eigenvalue weighted by molar-refractivity contribution is 7.91. The second-order valence-electron chi connectivity index (χ2n) is 5.11. The molecule has 1 N–H and O–H groups in total. The van der Waals surface area contributed by atoms with E-state index in [1.807, 2.05) is 6.07 Å². The molecule has 0 bridgehead atoms. The molecule has 1 heterocycles. The number of nitrogens with one attached hydrogen (secondary N) is 1. The van der Waals surface area contributed by atoms with Gasteiger partial charge in [0, 0.05) is 16.3 Å². The molecule has 0 aliphatic carbocycles. The highest BCUT2D eigenvalue weighted by atomic mass is 35.5. The lowest BCUT2D eigenvalue weighted by Crippen LogP contribution is -2.23. The number of rotatable bonds is 4. The van der Waals surface area contributed by atoms with E-state index in [1.54, 1.807) is 31.2 Å². The van der Waals surface area contributed by atoms with Gasteiger partial charge in [0.2, 0.25) is 0 Å². The molecule has 0 radical (unpaired) electrons. The highest BCUT2D eigenvalue weighted by Gasteiger charge is 2.21. The van der Waals surface area contributed by atoms with Crippen molar-refractivity contribution in [2.75, 3.05) is 0 Å². The quantitative estimate of drug-likeness (QED) is 0.737. The van der Waals surface area contributed by atoms with E-state index < -0.39 is 10.0 Å². The number of sulfonamides is 1. The third-order valence-electron chi connectivity index (χ3n) is 3.48. The first kappa shape index (κ1) is 16.4. The lowest BCUT2D eigenvalue weighted by Gasteiger charge is -2.06. The molecule has 0 amide bonds. The summed E-state index contributed by atoms with van der Waals surface area (Å²) in [5, 5.41) is 1.41. The second-order valence-corrected chi connectivity index (χ2v) is 8.56. The molecule has 0 aliphatic rings. The Labute approximate surface area is 142 Å². The molecule has 7 heteroatoms. The van der Waals surface area contributed by atoms with Gasteiger partial charge >= 0.3 is 0 Å². The van der Waals surface area contributed by atoms with Crippen molar-refractivity contribution in [3.8, 4) is 0 Å². The summed E-state index contributed by atoms with van der Waals surface area (Å²) in [6.07, 6.45) is 0. The molecule has 0 aliphatic heterocycles. The van der Waals surface area contributed by atoms with Crippen LogP contribution in [-0.2, 0) is 16.6 Å². The molecule has 1 aromatic heterocycles. The molecule has 0 saturated carbocycles. The minimum absolute atomic E-state index is 0.108. The molecule has 0 fully saturated rings. The third kappa shape index (κ3) is 3.40. The van der Waals surface area contributed by atoms with Crippen LogP contribution >= 0.6 is 22.9 Å². The molecule has 0 saturated heterocycles. The van der Waals surface area contributed by atoms with Gasteiger partial charge in [0.05, 0.1) is 0 Å². The molecule has 23 heavy (non-hydrogen) atoms. The standard InChI is InChI=1S/C16H13ClFNO2S2/c1-10-14-8-12(17)4-7-15(14)22-16(10)23(20,21)19-9-11-2-5-13(18)6-3-11/h2-8,19H,9H2,1H3. The van der Waals surface area contributed by atoms with Gasteiger partial charge in [-0.25, -0.2) is 17.5 Å². The molecular weight excluding hydrogens is 357 g/mol. The summed E-state index contributed by atoms with van der Waals surface area (Å²) < 4.78 is 41.7. The summed E-state index contributed by atoms with van der Waals surface area (Å²) >= 11 is 7.19. The Hall–Kier alpha value is -1.47. The van der Waals surface area contributed by atoms with Crippen molar-refractivity contribution >= 4 is 43.0 Å². The zero-order valence-electron chi connectivity index (χ0n) is 12.1. The SMILES string of the molecule is Cc1c(S(=O)(=O)NCc2ccc(F)cc2)sc2ccc(Cl)cc12. The maximum atomic E-state index is 12.9. The molecule has 0 unspecified atom stereocenters. The summed E-state index contributed by atoms with van der Waals surface area (Å²) in [6, 6.07) is 11.0. The van der Waals surface area contributed by atoms with Gasteiger partial charge in [-0.2, -0.15) is 0 Å². The van der Waals surface area contributed by atoms with Gasteiger partial charge in [0.25, 0.3) is 10.0 Å². The molecule has 2 aromatic carbocycles. The lowest BCUT2D eigenvalue weighted by atomic mass is 10.2. The van der Waals surface area contributed by atoms with Crippen LogP contribution in [0.25, 0.3) is 10.1 Å². The van der Waals surface area contributed by atoms with Crippen molar-refractivity contribution in [3.63, 3.8) is 0 Å². The minimum atomic E-state index is -3.64. The lowest BCUT2D eigenvalue weighted by molar-refractivity contribution is 0.583. The van der Waals surface area contributed by atoms with Gasteiger partial charge in [-0.1, -0.05) is 23.7 Å². The van der Waals surface area contributed by atoms with E-state index in [2.05, 4.69) is 4.72 Å². The second kappa shape index (κ2) is 6.20. The Morgan fingerprint density at radius 1 is 1.17 bits per heavy atom.